The summed E-state index contributed by atoms with van der Waals surface area (Å²) in [7, 11) is 0. The number of benzene rings is 1. The number of aliphatic hydroxyl groups is 1. The Morgan fingerprint density at radius 1 is 1.35 bits per heavy atom. The summed E-state index contributed by atoms with van der Waals surface area (Å²) in [5, 5.41) is 12.5. The van der Waals surface area contributed by atoms with Gasteiger partial charge in [0.05, 0.1) is 23.5 Å². The molecule has 0 fully saturated rings. The highest BCUT2D eigenvalue weighted by Gasteiger charge is 2.48. The van der Waals surface area contributed by atoms with E-state index in [0.29, 0.717) is 18.0 Å². The molecule has 3 aliphatic heterocycles. The molecule has 0 amide bonds. The molecule has 0 radical (unpaired) electrons. The highest BCUT2D eigenvalue weighted by molar-refractivity contribution is 5.94. The second-order valence-electron chi connectivity index (χ2n) is 9.29. The van der Waals surface area contributed by atoms with Crippen LogP contribution < -0.4 is 0 Å². The van der Waals surface area contributed by atoms with Crippen LogP contribution in [0.4, 0.5) is 0 Å². The van der Waals surface area contributed by atoms with Gasteiger partial charge in [0.25, 0.3) is 0 Å². The number of fused-ring (bicyclic) bond motifs is 4. The molecular formula is C26H26N2O3. The van der Waals surface area contributed by atoms with Gasteiger partial charge in [0.1, 0.15) is 6.61 Å². The molecule has 4 heterocycles. The van der Waals surface area contributed by atoms with Crippen LogP contribution in [0.2, 0.25) is 0 Å². The van der Waals surface area contributed by atoms with Crippen LogP contribution in [0.5, 0.6) is 0 Å². The summed E-state index contributed by atoms with van der Waals surface area (Å²) in [4.78, 5) is 19.7. The summed E-state index contributed by atoms with van der Waals surface area (Å²) in [5.74, 6) is -0.121. The van der Waals surface area contributed by atoms with E-state index >= 15 is 0 Å². The molecule has 1 aromatic carbocycles. The van der Waals surface area contributed by atoms with Crippen LogP contribution in [0, 0.1) is 6.92 Å². The lowest BCUT2D eigenvalue weighted by molar-refractivity contribution is -0.162. The van der Waals surface area contributed by atoms with Crippen LogP contribution >= 0.6 is 0 Å². The Balaban J connectivity index is 1.63. The van der Waals surface area contributed by atoms with E-state index in [1.165, 1.54) is 27.6 Å². The van der Waals surface area contributed by atoms with Crippen LogP contribution in [0.25, 0.3) is 16.6 Å². The monoisotopic (exact) mass is 414 g/mol. The van der Waals surface area contributed by atoms with Crippen molar-refractivity contribution in [2.24, 2.45) is 0 Å². The van der Waals surface area contributed by atoms with Gasteiger partial charge in [-0.1, -0.05) is 26.5 Å². The predicted molar refractivity (Wildman–Crippen MR) is 119 cm³/mol. The molecule has 0 saturated carbocycles. The Hall–Kier alpha value is -2.92. The van der Waals surface area contributed by atoms with Crippen LogP contribution in [-0.2, 0) is 22.5 Å². The SMILES string of the molecule is C=C1C2=C(C=C3c4nc5ccc(C)c6c5c(c4CN13)[C@H](C)CC6)[C@](O)(CC)C(=O)OC2. The molecule has 158 valence electrons. The summed E-state index contributed by atoms with van der Waals surface area (Å²) in [5.41, 5.74) is 8.92. The number of nitrogens with zero attached hydrogens (tertiary/aromatic N) is 2. The third kappa shape index (κ3) is 2.25. The Bertz CT molecular complexity index is 1290. The first-order valence-corrected chi connectivity index (χ1v) is 11.1. The van der Waals surface area contributed by atoms with Crippen molar-refractivity contribution in [1.82, 2.24) is 9.88 Å². The van der Waals surface area contributed by atoms with Crippen molar-refractivity contribution in [3.8, 4) is 0 Å². The van der Waals surface area contributed by atoms with Crippen molar-refractivity contribution in [1.29, 1.82) is 0 Å². The van der Waals surface area contributed by atoms with Gasteiger partial charge in [0, 0.05) is 27.8 Å². The maximum atomic E-state index is 12.4. The van der Waals surface area contributed by atoms with Gasteiger partial charge >= 0.3 is 5.97 Å². The number of pyridine rings is 1. The highest BCUT2D eigenvalue weighted by atomic mass is 16.6. The lowest BCUT2D eigenvalue weighted by Crippen LogP contribution is -2.47. The number of aryl methyl sites for hydroxylation is 2. The first kappa shape index (κ1) is 18.8. The number of ether oxygens (including phenoxy) is 1. The van der Waals surface area contributed by atoms with Gasteiger partial charge in [-0.05, 0) is 60.9 Å². The Morgan fingerprint density at radius 2 is 2.16 bits per heavy atom. The van der Waals surface area contributed by atoms with Gasteiger partial charge in [-0.25, -0.2) is 9.78 Å². The van der Waals surface area contributed by atoms with Gasteiger partial charge in [-0.2, -0.15) is 0 Å². The maximum Gasteiger partial charge on any atom is 0.343 e. The van der Waals surface area contributed by atoms with Crippen molar-refractivity contribution in [3.63, 3.8) is 0 Å². The molecule has 0 unspecified atom stereocenters. The van der Waals surface area contributed by atoms with Crippen LogP contribution in [0.3, 0.4) is 0 Å². The summed E-state index contributed by atoms with van der Waals surface area (Å²) in [6, 6.07) is 4.30. The first-order valence-electron chi connectivity index (χ1n) is 11.1. The summed E-state index contributed by atoms with van der Waals surface area (Å²) in [6.07, 6.45) is 4.43. The summed E-state index contributed by atoms with van der Waals surface area (Å²) >= 11 is 0. The number of carbonyl (C=O) groups excluding carboxylic acids is 1. The predicted octanol–water partition coefficient (Wildman–Crippen LogP) is 4.27. The van der Waals surface area contributed by atoms with Crippen molar-refractivity contribution in [2.45, 2.75) is 58.1 Å². The molecule has 0 bridgehead atoms. The van der Waals surface area contributed by atoms with Crippen molar-refractivity contribution >= 4 is 22.6 Å². The zero-order valence-electron chi connectivity index (χ0n) is 18.2. The van der Waals surface area contributed by atoms with Gasteiger partial charge in [0.2, 0.25) is 0 Å². The summed E-state index contributed by atoms with van der Waals surface area (Å²) < 4.78 is 5.33. The van der Waals surface area contributed by atoms with Crippen LogP contribution in [-0.4, -0.2) is 33.2 Å². The van der Waals surface area contributed by atoms with E-state index in [1.807, 2.05) is 6.08 Å². The fourth-order valence-corrected chi connectivity index (χ4v) is 5.88. The second-order valence-corrected chi connectivity index (χ2v) is 9.29. The van der Waals surface area contributed by atoms with E-state index in [9.17, 15) is 9.90 Å². The van der Waals surface area contributed by atoms with E-state index in [1.54, 1.807) is 6.92 Å². The fourth-order valence-electron chi connectivity index (χ4n) is 5.88. The molecule has 1 aliphatic carbocycles. The molecule has 6 rings (SSSR count). The van der Waals surface area contributed by atoms with Crippen molar-refractivity contribution in [3.05, 3.63) is 69.6 Å². The number of carbonyl (C=O) groups is 1. The molecule has 1 N–H and O–H groups in total. The fraction of sp³-hybridized carbons (Fsp3) is 0.385. The molecule has 5 nitrogen and oxygen atoms in total. The van der Waals surface area contributed by atoms with Crippen molar-refractivity contribution < 1.29 is 14.6 Å². The zero-order valence-corrected chi connectivity index (χ0v) is 18.2. The molecule has 2 aromatic rings. The normalized spacial score (nSPS) is 26.5. The van der Waals surface area contributed by atoms with Gasteiger partial charge in [-0.3, -0.25) is 0 Å². The van der Waals surface area contributed by atoms with Crippen LogP contribution in [0.15, 0.2) is 41.6 Å². The average Bonchev–Trinajstić information content (AvgIpc) is 3.13. The molecule has 0 spiro atoms. The minimum Gasteiger partial charge on any atom is -0.458 e. The lowest BCUT2D eigenvalue weighted by Gasteiger charge is -2.39. The Labute approximate surface area is 181 Å². The second kappa shape index (κ2) is 6.07. The Morgan fingerprint density at radius 3 is 2.94 bits per heavy atom. The minimum absolute atomic E-state index is 0.147. The largest absolute Gasteiger partial charge is 0.458 e. The van der Waals surface area contributed by atoms with E-state index in [0.717, 1.165) is 41.0 Å². The maximum absolute atomic E-state index is 12.4. The minimum atomic E-state index is -1.64. The highest BCUT2D eigenvalue weighted by Crippen LogP contribution is 2.50. The third-order valence-corrected chi connectivity index (χ3v) is 7.73. The number of hydrogen-bond acceptors (Lipinski definition) is 5. The Kier molecular flexibility index (Phi) is 3.69. The average molecular weight is 415 g/mol. The number of rotatable bonds is 1. The molecule has 0 saturated heterocycles. The quantitative estimate of drug-likeness (QED) is 0.706. The van der Waals surface area contributed by atoms with Crippen LogP contribution in [0.1, 0.15) is 60.6 Å². The molecular weight excluding hydrogens is 388 g/mol. The molecule has 4 aliphatic rings. The number of esters is 1. The third-order valence-electron chi connectivity index (χ3n) is 7.73. The molecule has 31 heavy (non-hydrogen) atoms. The van der Waals surface area contributed by atoms with E-state index < -0.39 is 11.6 Å². The lowest BCUT2D eigenvalue weighted by atomic mass is 9.79. The topological polar surface area (TPSA) is 62.7 Å². The molecule has 2 atom stereocenters. The zero-order chi connectivity index (χ0) is 21.7. The van der Waals surface area contributed by atoms with E-state index in [2.05, 4.69) is 37.5 Å². The van der Waals surface area contributed by atoms with Crippen molar-refractivity contribution in [2.75, 3.05) is 6.61 Å². The van der Waals surface area contributed by atoms with Gasteiger partial charge in [-0.15, -0.1) is 0 Å². The smallest absolute Gasteiger partial charge is 0.343 e. The number of hydrogen-bond donors (Lipinski definition) is 1. The van der Waals surface area contributed by atoms with Gasteiger partial charge < -0.3 is 14.7 Å². The van der Waals surface area contributed by atoms with Gasteiger partial charge in [0.15, 0.2) is 5.60 Å². The molecule has 5 heteroatoms. The van der Waals surface area contributed by atoms with E-state index in [4.69, 9.17) is 9.72 Å². The number of aromatic nitrogens is 1. The summed E-state index contributed by atoms with van der Waals surface area (Å²) in [6.45, 7) is 11.5. The number of cyclic esters (lactones) is 1. The first-order chi connectivity index (χ1) is 14.8. The van der Waals surface area contributed by atoms with E-state index in [-0.39, 0.29) is 13.0 Å². The molecule has 1 aromatic heterocycles. The standard InChI is InChI=1S/C26H26N2O3/c1-5-26(30)19-10-21-24-17(11-28(21)15(4)18(19)12-31-25(26)29)22-14(3)6-8-16-13(2)7-9-20(27-24)23(16)22/h7,9-10,14,30H,4-6,8,11-12H2,1-3H3/t14-,26-/m1/s1.